The number of carbonyl (C=O) groups is 1. The van der Waals surface area contributed by atoms with Gasteiger partial charge in [0.05, 0.1) is 13.5 Å². The van der Waals surface area contributed by atoms with Crippen molar-refractivity contribution in [2.24, 2.45) is 5.84 Å². The minimum atomic E-state index is -0.267. The van der Waals surface area contributed by atoms with Crippen LogP contribution < -0.4 is 16.6 Å². The lowest BCUT2D eigenvalue weighted by molar-refractivity contribution is -0.140. The number of ether oxygens (including phenoxy) is 1. The van der Waals surface area contributed by atoms with Gasteiger partial charge in [-0.05, 0) is 6.92 Å². The predicted octanol–water partition coefficient (Wildman–Crippen LogP) is 0.0456. The fraction of sp³-hybridized carbons (Fsp3) is 0.444. The van der Waals surface area contributed by atoms with Gasteiger partial charge in [0.25, 0.3) is 0 Å². The molecule has 0 spiro atoms. The summed E-state index contributed by atoms with van der Waals surface area (Å²) in [6.45, 7) is 2.28. The number of esters is 1. The van der Waals surface area contributed by atoms with E-state index in [1.54, 1.807) is 0 Å². The molecular weight excluding hydrogens is 210 g/mol. The minimum absolute atomic E-state index is 0.267. The summed E-state index contributed by atoms with van der Waals surface area (Å²) in [6.07, 6.45) is 1.67. The van der Waals surface area contributed by atoms with Crippen LogP contribution >= 0.6 is 0 Å². The molecule has 1 heterocycles. The van der Waals surface area contributed by atoms with Gasteiger partial charge in [0.1, 0.15) is 18.0 Å². The lowest BCUT2D eigenvalue weighted by Crippen LogP contribution is -2.14. The van der Waals surface area contributed by atoms with E-state index in [4.69, 9.17) is 5.84 Å². The van der Waals surface area contributed by atoms with Gasteiger partial charge in [-0.2, -0.15) is 0 Å². The van der Waals surface area contributed by atoms with Gasteiger partial charge in [-0.3, -0.25) is 4.79 Å². The van der Waals surface area contributed by atoms with Crippen molar-refractivity contribution in [3.8, 4) is 0 Å². The van der Waals surface area contributed by atoms with Crippen molar-refractivity contribution in [3.05, 3.63) is 11.9 Å². The Morgan fingerprint density at radius 3 is 2.81 bits per heavy atom. The molecule has 1 aromatic rings. The second kappa shape index (κ2) is 5.86. The first-order valence-corrected chi connectivity index (χ1v) is 4.78. The number of hydrogen-bond acceptors (Lipinski definition) is 7. The summed E-state index contributed by atoms with van der Waals surface area (Å²) in [6, 6.07) is 0. The first-order chi connectivity index (χ1) is 7.69. The molecule has 88 valence electrons. The van der Waals surface area contributed by atoms with Crippen molar-refractivity contribution in [3.63, 3.8) is 0 Å². The number of hydrogen-bond donors (Lipinski definition) is 3. The van der Waals surface area contributed by atoms with Crippen LogP contribution in [0.4, 0.5) is 11.6 Å². The van der Waals surface area contributed by atoms with Gasteiger partial charge in [-0.1, -0.05) is 0 Å². The lowest BCUT2D eigenvalue weighted by atomic mass is 10.3. The van der Waals surface area contributed by atoms with Crippen molar-refractivity contribution in [1.29, 1.82) is 0 Å². The van der Waals surface area contributed by atoms with Gasteiger partial charge in [0.2, 0.25) is 0 Å². The van der Waals surface area contributed by atoms with Crippen LogP contribution in [0.25, 0.3) is 0 Å². The molecule has 0 bridgehead atoms. The molecule has 7 nitrogen and oxygen atoms in total. The zero-order chi connectivity index (χ0) is 12.0. The highest BCUT2D eigenvalue weighted by molar-refractivity contribution is 5.70. The zero-order valence-electron chi connectivity index (χ0n) is 9.28. The molecule has 0 aliphatic rings. The monoisotopic (exact) mass is 225 g/mol. The van der Waals surface area contributed by atoms with Gasteiger partial charge < -0.3 is 15.5 Å². The molecule has 16 heavy (non-hydrogen) atoms. The fourth-order valence-electron chi connectivity index (χ4n) is 1.16. The summed E-state index contributed by atoms with van der Waals surface area (Å²) >= 11 is 0. The second-order valence-corrected chi connectivity index (χ2v) is 3.09. The molecule has 0 radical (unpaired) electrons. The van der Waals surface area contributed by atoms with E-state index in [1.165, 1.54) is 13.4 Å². The molecule has 0 fully saturated rings. The summed E-state index contributed by atoms with van der Waals surface area (Å²) < 4.78 is 4.52. The molecule has 0 atom stereocenters. The number of nitrogens with zero attached hydrogens (tertiary/aromatic N) is 2. The molecular formula is C9H15N5O2. The molecule has 0 amide bonds. The summed E-state index contributed by atoms with van der Waals surface area (Å²) in [5, 5.41) is 3.01. The van der Waals surface area contributed by atoms with E-state index < -0.39 is 0 Å². The summed E-state index contributed by atoms with van der Waals surface area (Å²) in [5.74, 6) is 6.21. The van der Waals surface area contributed by atoms with E-state index in [2.05, 4.69) is 25.4 Å². The number of anilines is 2. The Bertz CT molecular complexity index is 369. The normalized spacial score (nSPS) is 9.69. The highest BCUT2D eigenvalue weighted by atomic mass is 16.5. The molecule has 0 aromatic carbocycles. The van der Waals surface area contributed by atoms with Gasteiger partial charge in [-0.25, -0.2) is 15.8 Å². The van der Waals surface area contributed by atoms with Crippen molar-refractivity contribution >= 4 is 17.6 Å². The van der Waals surface area contributed by atoms with Crippen molar-refractivity contribution < 1.29 is 9.53 Å². The molecule has 0 saturated carbocycles. The molecule has 0 saturated heterocycles. The Morgan fingerprint density at radius 2 is 2.19 bits per heavy atom. The van der Waals surface area contributed by atoms with Crippen molar-refractivity contribution in [2.75, 3.05) is 24.4 Å². The maximum Gasteiger partial charge on any atom is 0.307 e. The Labute approximate surface area is 93.4 Å². The van der Waals surface area contributed by atoms with E-state index in [9.17, 15) is 4.79 Å². The van der Waals surface area contributed by atoms with Crippen molar-refractivity contribution in [2.45, 2.75) is 13.3 Å². The molecule has 4 N–H and O–H groups in total. The van der Waals surface area contributed by atoms with Gasteiger partial charge in [0.15, 0.2) is 0 Å². The molecule has 1 rings (SSSR count). The standard InChI is InChI=1S/C9H15N5O2/c1-6-8(11-4-3-7(15)16-2)12-5-13-9(6)14-10/h5H,3-4,10H2,1-2H3,(H2,11,12,13,14). The average Bonchev–Trinajstić information content (AvgIpc) is 2.31. The number of nitrogen functional groups attached to an aromatic ring is 1. The van der Waals surface area contributed by atoms with Crippen LogP contribution in [0.15, 0.2) is 6.33 Å². The molecule has 0 unspecified atom stereocenters. The van der Waals surface area contributed by atoms with Crippen LogP contribution in [-0.4, -0.2) is 29.6 Å². The van der Waals surface area contributed by atoms with Crippen LogP contribution in [0.1, 0.15) is 12.0 Å². The number of methoxy groups -OCH3 is 1. The fourth-order valence-corrected chi connectivity index (χ4v) is 1.16. The highest BCUT2D eigenvalue weighted by Crippen LogP contribution is 2.16. The number of nitrogens with two attached hydrogens (primary N) is 1. The lowest BCUT2D eigenvalue weighted by Gasteiger charge is -2.10. The predicted molar refractivity (Wildman–Crippen MR) is 59.7 cm³/mol. The smallest absolute Gasteiger partial charge is 0.307 e. The highest BCUT2D eigenvalue weighted by Gasteiger charge is 2.06. The van der Waals surface area contributed by atoms with E-state index in [0.29, 0.717) is 18.2 Å². The van der Waals surface area contributed by atoms with Gasteiger partial charge in [-0.15, -0.1) is 0 Å². The van der Waals surface area contributed by atoms with Crippen LogP contribution in [0.3, 0.4) is 0 Å². The maximum absolute atomic E-state index is 10.9. The summed E-state index contributed by atoms with van der Waals surface area (Å²) in [7, 11) is 1.36. The van der Waals surface area contributed by atoms with Gasteiger partial charge >= 0.3 is 5.97 Å². The van der Waals surface area contributed by atoms with E-state index >= 15 is 0 Å². The number of carbonyl (C=O) groups excluding carboxylic acids is 1. The summed E-state index contributed by atoms with van der Waals surface area (Å²) in [5.41, 5.74) is 3.26. The van der Waals surface area contributed by atoms with Gasteiger partial charge in [0, 0.05) is 12.1 Å². The van der Waals surface area contributed by atoms with E-state index in [0.717, 1.165) is 5.56 Å². The third-order valence-electron chi connectivity index (χ3n) is 2.07. The number of rotatable bonds is 5. The quantitative estimate of drug-likeness (QED) is 0.369. The Balaban J connectivity index is 2.57. The van der Waals surface area contributed by atoms with Crippen LogP contribution in [0.5, 0.6) is 0 Å². The molecule has 0 aliphatic carbocycles. The maximum atomic E-state index is 10.9. The first kappa shape index (κ1) is 12.2. The molecule has 7 heteroatoms. The largest absolute Gasteiger partial charge is 0.469 e. The van der Waals surface area contributed by atoms with Crippen LogP contribution in [-0.2, 0) is 9.53 Å². The molecule has 0 aliphatic heterocycles. The average molecular weight is 225 g/mol. The number of aromatic nitrogens is 2. The Kier molecular flexibility index (Phi) is 4.46. The van der Waals surface area contributed by atoms with E-state index in [-0.39, 0.29) is 12.4 Å². The van der Waals surface area contributed by atoms with Crippen LogP contribution in [0, 0.1) is 6.92 Å². The van der Waals surface area contributed by atoms with Crippen LogP contribution in [0.2, 0.25) is 0 Å². The number of hydrazine groups is 1. The Hall–Kier alpha value is -1.89. The first-order valence-electron chi connectivity index (χ1n) is 4.78. The number of nitrogens with one attached hydrogen (secondary N) is 2. The van der Waals surface area contributed by atoms with E-state index in [1.807, 2.05) is 6.92 Å². The molecule has 1 aromatic heterocycles. The third kappa shape index (κ3) is 3.06. The summed E-state index contributed by atoms with van der Waals surface area (Å²) in [4.78, 5) is 18.9. The van der Waals surface area contributed by atoms with Crippen molar-refractivity contribution in [1.82, 2.24) is 9.97 Å². The third-order valence-corrected chi connectivity index (χ3v) is 2.07. The SMILES string of the molecule is COC(=O)CCNc1ncnc(NN)c1C. The topological polar surface area (TPSA) is 102 Å². The Morgan fingerprint density at radius 1 is 1.50 bits per heavy atom. The zero-order valence-corrected chi connectivity index (χ0v) is 9.28. The minimum Gasteiger partial charge on any atom is -0.469 e. The second-order valence-electron chi connectivity index (χ2n) is 3.09.